The monoisotopic (exact) mass is 421 g/mol. The van der Waals surface area contributed by atoms with Crippen LogP contribution >= 0.6 is 35.8 Å². The molecule has 142 valence electrons. The van der Waals surface area contributed by atoms with Gasteiger partial charge in [-0.2, -0.15) is 0 Å². The number of thiol groups is 1. The molecule has 3 rings (SSSR count). The molecule has 1 aromatic heterocycles. The second kappa shape index (κ2) is 9.13. The number of benzene rings is 1. The van der Waals surface area contributed by atoms with Crippen molar-refractivity contribution in [1.82, 2.24) is 4.98 Å². The van der Waals surface area contributed by atoms with Crippen LogP contribution in [0.1, 0.15) is 60.3 Å². The van der Waals surface area contributed by atoms with Crippen molar-refractivity contribution in [2.75, 3.05) is 0 Å². The van der Waals surface area contributed by atoms with Gasteiger partial charge in [-0.05, 0) is 37.5 Å². The van der Waals surface area contributed by atoms with E-state index in [1.165, 1.54) is 0 Å². The fourth-order valence-corrected chi connectivity index (χ4v) is 3.74. The Kier molecular flexibility index (Phi) is 6.85. The molecule has 1 aromatic carbocycles. The van der Waals surface area contributed by atoms with E-state index in [2.05, 4.69) is 24.5 Å². The summed E-state index contributed by atoms with van der Waals surface area (Å²) in [5.41, 5.74) is 2.40. The van der Waals surface area contributed by atoms with Gasteiger partial charge in [-0.3, -0.25) is 4.79 Å². The Bertz CT molecular complexity index is 897. The Hall–Kier alpha value is -1.49. The summed E-state index contributed by atoms with van der Waals surface area (Å²) in [6, 6.07) is 7.25. The number of hydrogen-bond acceptors (Lipinski definition) is 4. The van der Waals surface area contributed by atoms with Crippen molar-refractivity contribution in [3.8, 4) is 0 Å². The Morgan fingerprint density at radius 2 is 1.93 bits per heavy atom. The summed E-state index contributed by atoms with van der Waals surface area (Å²) in [6.45, 7) is 2.09. The molecule has 1 heterocycles. The Balaban J connectivity index is 1.78. The van der Waals surface area contributed by atoms with Gasteiger partial charge in [0.25, 0.3) is 0 Å². The van der Waals surface area contributed by atoms with Crippen LogP contribution in [0.15, 0.2) is 49.7 Å². The number of aromatic nitrogens is 1. The van der Waals surface area contributed by atoms with Crippen LogP contribution in [0, 0.1) is 0 Å². The SMILES string of the molecule is CCCc1oc(C2=C(Cl)C=C(Cl)CC2)nc1CCC(=O)c1ccc(S)cc1. The van der Waals surface area contributed by atoms with Crippen molar-refractivity contribution < 1.29 is 9.21 Å². The number of aryl methyl sites for hydroxylation is 2. The molecule has 3 nitrogen and oxygen atoms in total. The third-order valence-electron chi connectivity index (χ3n) is 4.48. The number of nitrogens with zero attached hydrogens (tertiary/aromatic N) is 1. The number of carbonyl (C=O) groups excluding carboxylic acids is 1. The van der Waals surface area contributed by atoms with E-state index in [0.29, 0.717) is 35.7 Å². The topological polar surface area (TPSA) is 43.1 Å². The van der Waals surface area contributed by atoms with E-state index < -0.39 is 0 Å². The lowest BCUT2D eigenvalue weighted by Gasteiger charge is -2.10. The lowest BCUT2D eigenvalue weighted by atomic mass is 10.0. The van der Waals surface area contributed by atoms with Crippen LogP contribution in [0.4, 0.5) is 0 Å². The highest BCUT2D eigenvalue weighted by atomic mass is 35.5. The van der Waals surface area contributed by atoms with Gasteiger partial charge in [-0.1, -0.05) is 42.3 Å². The third kappa shape index (κ3) is 5.07. The third-order valence-corrected chi connectivity index (χ3v) is 5.41. The first-order chi connectivity index (χ1) is 13.0. The largest absolute Gasteiger partial charge is 0.441 e. The lowest BCUT2D eigenvalue weighted by Crippen LogP contribution is -2.03. The van der Waals surface area contributed by atoms with Crippen molar-refractivity contribution in [1.29, 1.82) is 0 Å². The van der Waals surface area contributed by atoms with Gasteiger partial charge in [0.1, 0.15) is 5.76 Å². The molecular weight excluding hydrogens is 401 g/mol. The Morgan fingerprint density at radius 1 is 1.19 bits per heavy atom. The minimum absolute atomic E-state index is 0.0833. The highest BCUT2D eigenvalue weighted by Gasteiger charge is 2.21. The zero-order valence-electron chi connectivity index (χ0n) is 15.1. The summed E-state index contributed by atoms with van der Waals surface area (Å²) in [5, 5.41) is 1.31. The van der Waals surface area contributed by atoms with Crippen LogP contribution in [-0.4, -0.2) is 10.8 Å². The average Bonchev–Trinajstić information content (AvgIpc) is 3.03. The van der Waals surface area contributed by atoms with Crippen LogP contribution in [0.25, 0.3) is 5.57 Å². The van der Waals surface area contributed by atoms with Gasteiger partial charge in [0.2, 0.25) is 5.89 Å². The molecule has 1 aliphatic rings. The molecule has 0 aliphatic heterocycles. The molecule has 6 heteroatoms. The minimum Gasteiger partial charge on any atom is -0.441 e. The normalized spacial score (nSPS) is 14.4. The molecule has 27 heavy (non-hydrogen) atoms. The van der Waals surface area contributed by atoms with E-state index >= 15 is 0 Å². The Labute approximate surface area is 174 Å². The second-order valence-corrected chi connectivity index (χ2v) is 7.94. The van der Waals surface area contributed by atoms with Gasteiger partial charge >= 0.3 is 0 Å². The zero-order valence-corrected chi connectivity index (χ0v) is 17.5. The second-order valence-electron chi connectivity index (χ2n) is 6.53. The molecule has 0 fully saturated rings. The molecule has 2 aromatic rings. The molecule has 0 saturated heterocycles. The fourth-order valence-electron chi connectivity index (χ4n) is 3.02. The summed E-state index contributed by atoms with van der Waals surface area (Å²) in [4.78, 5) is 18.0. The summed E-state index contributed by atoms with van der Waals surface area (Å²) in [6.07, 6.45) is 5.83. The number of hydrogen-bond donors (Lipinski definition) is 1. The van der Waals surface area contributed by atoms with Gasteiger partial charge in [0.15, 0.2) is 5.78 Å². The van der Waals surface area contributed by atoms with E-state index in [1.54, 1.807) is 18.2 Å². The van der Waals surface area contributed by atoms with E-state index in [4.69, 9.17) is 27.6 Å². The molecule has 0 bridgehead atoms. The molecule has 1 aliphatic carbocycles. The molecule has 0 amide bonds. The summed E-state index contributed by atoms with van der Waals surface area (Å²) in [7, 11) is 0. The molecule has 0 radical (unpaired) electrons. The zero-order chi connectivity index (χ0) is 19.4. The quantitative estimate of drug-likeness (QED) is 0.404. The van der Waals surface area contributed by atoms with Crippen molar-refractivity contribution in [2.45, 2.75) is 50.3 Å². The van der Waals surface area contributed by atoms with Gasteiger partial charge < -0.3 is 4.42 Å². The maximum absolute atomic E-state index is 12.5. The van der Waals surface area contributed by atoms with Crippen molar-refractivity contribution >= 4 is 47.2 Å². The maximum atomic E-state index is 12.5. The van der Waals surface area contributed by atoms with E-state index in [-0.39, 0.29) is 5.78 Å². The predicted octanol–water partition coefficient (Wildman–Crippen LogP) is 6.60. The molecule has 0 saturated carbocycles. The fraction of sp³-hybridized carbons (Fsp3) is 0.333. The number of ketones is 1. The number of rotatable bonds is 7. The van der Waals surface area contributed by atoms with Crippen LogP contribution in [0.2, 0.25) is 0 Å². The molecular formula is C21H21Cl2NO2S. The smallest absolute Gasteiger partial charge is 0.223 e. The summed E-state index contributed by atoms with van der Waals surface area (Å²) >= 11 is 16.6. The molecule has 0 unspecified atom stereocenters. The lowest BCUT2D eigenvalue weighted by molar-refractivity contribution is 0.0982. The van der Waals surface area contributed by atoms with Gasteiger partial charge in [-0.25, -0.2) is 4.98 Å². The van der Waals surface area contributed by atoms with Crippen LogP contribution in [0.5, 0.6) is 0 Å². The van der Waals surface area contributed by atoms with Crippen molar-refractivity contribution in [2.24, 2.45) is 0 Å². The number of halogens is 2. The van der Waals surface area contributed by atoms with E-state index in [1.807, 2.05) is 12.1 Å². The summed E-state index contributed by atoms with van der Waals surface area (Å²) in [5.74, 6) is 1.47. The van der Waals surface area contributed by atoms with Gasteiger partial charge in [-0.15, -0.1) is 12.6 Å². The van der Waals surface area contributed by atoms with Crippen LogP contribution in [0.3, 0.4) is 0 Å². The summed E-state index contributed by atoms with van der Waals surface area (Å²) < 4.78 is 6.01. The van der Waals surface area contributed by atoms with Crippen molar-refractivity contribution in [3.63, 3.8) is 0 Å². The van der Waals surface area contributed by atoms with E-state index in [9.17, 15) is 4.79 Å². The first-order valence-electron chi connectivity index (χ1n) is 9.03. The minimum atomic E-state index is 0.0833. The van der Waals surface area contributed by atoms with Crippen LogP contribution < -0.4 is 0 Å². The highest BCUT2D eigenvalue weighted by molar-refractivity contribution is 7.80. The molecule has 0 atom stereocenters. The molecule has 0 spiro atoms. The average molecular weight is 422 g/mol. The first-order valence-corrected chi connectivity index (χ1v) is 10.2. The number of Topliss-reactive ketones (excluding diaryl/α,β-unsaturated/α-hetero) is 1. The standard InChI is InChI=1S/C21H21Cl2NO2S/c1-2-3-20-18(10-11-19(25)13-4-7-15(27)8-5-13)24-21(26-20)16-9-6-14(22)12-17(16)23/h4-5,7-8,12,27H,2-3,6,9-11H2,1H3. The first kappa shape index (κ1) is 20.2. The number of allylic oxidation sites excluding steroid dienone is 4. The van der Waals surface area contributed by atoms with Crippen molar-refractivity contribution in [3.05, 3.63) is 63.3 Å². The molecule has 0 N–H and O–H groups in total. The van der Waals surface area contributed by atoms with E-state index in [0.717, 1.165) is 46.2 Å². The van der Waals surface area contributed by atoms with Gasteiger partial charge in [0.05, 0.1) is 10.7 Å². The number of carbonyl (C=O) groups is 1. The number of oxazole rings is 1. The van der Waals surface area contributed by atoms with Gasteiger partial charge in [0, 0.05) is 40.3 Å². The van der Waals surface area contributed by atoms with Crippen LogP contribution in [-0.2, 0) is 12.8 Å². The maximum Gasteiger partial charge on any atom is 0.223 e. The predicted molar refractivity (Wildman–Crippen MR) is 113 cm³/mol. The Morgan fingerprint density at radius 3 is 2.59 bits per heavy atom. The highest BCUT2D eigenvalue weighted by Crippen LogP contribution is 2.35.